The summed E-state index contributed by atoms with van der Waals surface area (Å²) in [5.41, 5.74) is 2.72. The first-order valence-electron chi connectivity index (χ1n) is 9.34. The molecule has 0 radical (unpaired) electrons. The van der Waals surface area contributed by atoms with E-state index in [1.807, 2.05) is 31.2 Å². The van der Waals surface area contributed by atoms with Crippen molar-refractivity contribution in [3.8, 4) is 23.0 Å². The van der Waals surface area contributed by atoms with Gasteiger partial charge in [-0.05, 0) is 48.9 Å². The van der Waals surface area contributed by atoms with Crippen LogP contribution in [0.5, 0.6) is 23.0 Å². The third-order valence-corrected chi connectivity index (χ3v) is 4.80. The predicted molar refractivity (Wildman–Crippen MR) is 108 cm³/mol. The number of ether oxygens (including phenoxy) is 4. The van der Waals surface area contributed by atoms with Crippen molar-refractivity contribution < 1.29 is 28.5 Å². The Balaban J connectivity index is 1.36. The molecule has 5 rings (SSSR count). The van der Waals surface area contributed by atoms with Gasteiger partial charge in [-0.3, -0.25) is 4.79 Å². The van der Waals surface area contributed by atoms with Crippen LogP contribution in [0.1, 0.15) is 31.8 Å². The number of ketones is 1. The molecule has 0 aliphatic carbocycles. The minimum atomic E-state index is -0.548. The maximum atomic E-state index is 12.6. The lowest BCUT2D eigenvalue weighted by atomic mass is 10.1. The molecule has 30 heavy (non-hydrogen) atoms. The van der Waals surface area contributed by atoms with Crippen LogP contribution in [0.25, 0.3) is 6.08 Å². The van der Waals surface area contributed by atoms with Crippen LogP contribution >= 0.6 is 0 Å². The Kier molecular flexibility index (Phi) is 4.25. The fourth-order valence-electron chi connectivity index (χ4n) is 3.33. The van der Waals surface area contributed by atoms with E-state index in [1.165, 1.54) is 6.07 Å². The zero-order valence-corrected chi connectivity index (χ0v) is 16.0. The number of carbonyl (C=O) groups is 2. The zero-order chi connectivity index (χ0) is 20.7. The molecule has 0 saturated carbocycles. The first kappa shape index (κ1) is 18.0. The van der Waals surface area contributed by atoms with E-state index in [2.05, 4.69) is 0 Å². The van der Waals surface area contributed by atoms with E-state index in [4.69, 9.17) is 18.9 Å². The average Bonchev–Trinajstić information content (AvgIpc) is 3.32. The minimum absolute atomic E-state index is 0.127. The second-order valence-electron chi connectivity index (χ2n) is 6.97. The highest BCUT2D eigenvalue weighted by Crippen LogP contribution is 2.36. The van der Waals surface area contributed by atoms with Crippen molar-refractivity contribution in [1.82, 2.24) is 0 Å². The Bertz CT molecular complexity index is 1220. The van der Waals surface area contributed by atoms with E-state index >= 15 is 0 Å². The van der Waals surface area contributed by atoms with Gasteiger partial charge in [0.2, 0.25) is 12.6 Å². The number of hydrogen-bond donors (Lipinski definition) is 0. The fourth-order valence-corrected chi connectivity index (χ4v) is 3.33. The zero-order valence-electron chi connectivity index (χ0n) is 16.0. The predicted octanol–water partition coefficient (Wildman–Crippen LogP) is 4.56. The van der Waals surface area contributed by atoms with Crippen LogP contribution in [-0.4, -0.2) is 18.5 Å². The van der Waals surface area contributed by atoms with Crippen LogP contribution in [0.15, 0.2) is 66.4 Å². The molecule has 0 aromatic heterocycles. The van der Waals surface area contributed by atoms with E-state index < -0.39 is 5.97 Å². The van der Waals surface area contributed by atoms with E-state index in [0.717, 1.165) is 11.1 Å². The molecule has 0 spiro atoms. The molecule has 0 bridgehead atoms. The lowest BCUT2D eigenvalue weighted by Crippen LogP contribution is -2.08. The lowest BCUT2D eigenvalue weighted by molar-refractivity contribution is 0.0734. The number of esters is 1. The highest BCUT2D eigenvalue weighted by Gasteiger charge is 2.28. The number of Topliss-reactive ketones (excluding diaryl/α,β-unsaturated/α-hetero) is 1. The molecule has 0 unspecified atom stereocenters. The van der Waals surface area contributed by atoms with Gasteiger partial charge in [-0.1, -0.05) is 29.8 Å². The van der Waals surface area contributed by atoms with Crippen molar-refractivity contribution in [2.24, 2.45) is 0 Å². The van der Waals surface area contributed by atoms with Gasteiger partial charge in [0.25, 0.3) is 0 Å². The molecule has 2 aliphatic rings. The smallest absolute Gasteiger partial charge is 0.343 e. The molecule has 0 amide bonds. The van der Waals surface area contributed by atoms with E-state index in [9.17, 15) is 9.59 Å². The maximum absolute atomic E-state index is 12.6. The van der Waals surface area contributed by atoms with Crippen LogP contribution in [-0.2, 0) is 0 Å². The summed E-state index contributed by atoms with van der Waals surface area (Å²) in [6.45, 7) is 2.11. The van der Waals surface area contributed by atoms with Crippen molar-refractivity contribution >= 4 is 17.8 Å². The number of aryl methyl sites for hydroxylation is 1. The van der Waals surface area contributed by atoms with Crippen molar-refractivity contribution in [2.45, 2.75) is 6.92 Å². The van der Waals surface area contributed by atoms with E-state index in [-0.39, 0.29) is 24.1 Å². The average molecular weight is 400 g/mol. The third-order valence-electron chi connectivity index (χ3n) is 4.80. The Morgan fingerprint density at radius 2 is 1.83 bits per heavy atom. The van der Waals surface area contributed by atoms with Gasteiger partial charge in [0.05, 0.1) is 11.1 Å². The number of rotatable bonds is 3. The Labute approximate surface area is 172 Å². The normalized spacial score (nSPS) is 15.1. The van der Waals surface area contributed by atoms with Gasteiger partial charge in [0.1, 0.15) is 11.5 Å². The molecule has 0 atom stereocenters. The molecular weight excluding hydrogens is 384 g/mol. The number of carbonyl (C=O) groups excluding carboxylic acids is 2. The Morgan fingerprint density at radius 1 is 0.967 bits per heavy atom. The van der Waals surface area contributed by atoms with Crippen LogP contribution in [0.4, 0.5) is 0 Å². The largest absolute Gasteiger partial charge is 0.454 e. The van der Waals surface area contributed by atoms with Gasteiger partial charge in [-0.2, -0.15) is 0 Å². The summed E-state index contributed by atoms with van der Waals surface area (Å²) in [5.74, 6) is 1.20. The summed E-state index contributed by atoms with van der Waals surface area (Å²) >= 11 is 0. The summed E-state index contributed by atoms with van der Waals surface area (Å²) in [4.78, 5) is 25.1. The summed E-state index contributed by atoms with van der Waals surface area (Å²) in [7, 11) is 0. The van der Waals surface area contributed by atoms with Crippen molar-refractivity contribution in [3.63, 3.8) is 0 Å². The van der Waals surface area contributed by atoms with Crippen molar-refractivity contribution in [2.75, 3.05) is 6.79 Å². The molecule has 3 aromatic rings. The van der Waals surface area contributed by atoms with Gasteiger partial charge >= 0.3 is 5.97 Å². The van der Waals surface area contributed by atoms with Crippen LogP contribution in [0, 0.1) is 6.92 Å². The monoisotopic (exact) mass is 400 g/mol. The molecule has 6 nitrogen and oxygen atoms in total. The lowest BCUT2D eigenvalue weighted by Gasteiger charge is -2.06. The first-order valence-corrected chi connectivity index (χ1v) is 9.34. The number of allylic oxidation sites excluding steroid dienone is 1. The Morgan fingerprint density at radius 3 is 2.70 bits per heavy atom. The summed E-state index contributed by atoms with van der Waals surface area (Å²) in [5, 5.41) is 0. The molecular formula is C24H16O6. The van der Waals surface area contributed by atoms with Gasteiger partial charge in [-0.15, -0.1) is 0 Å². The maximum Gasteiger partial charge on any atom is 0.343 e. The molecule has 2 heterocycles. The SMILES string of the molecule is Cc1cccc(C=C2Oc3cc(OC(=O)c4ccc5c(c4)OCO5)ccc3C2=O)c1. The topological polar surface area (TPSA) is 71.1 Å². The van der Waals surface area contributed by atoms with Crippen LogP contribution in [0.2, 0.25) is 0 Å². The standard InChI is InChI=1S/C24H16O6/c1-14-3-2-4-15(9-14)10-22-23(25)18-7-6-17(12-20(18)30-22)29-24(26)16-5-8-19-21(11-16)28-13-27-19/h2-12H,13H2,1H3. The molecule has 3 aromatic carbocycles. The van der Waals surface area contributed by atoms with Crippen molar-refractivity contribution in [1.29, 1.82) is 0 Å². The molecule has 2 aliphatic heterocycles. The van der Waals surface area contributed by atoms with Gasteiger partial charge < -0.3 is 18.9 Å². The van der Waals surface area contributed by atoms with Crippen LogP contribution < -0.4 is 18.9 Å². The molecule has 148 valence electrons. The van der Waals surface area contributed by atoms with Crippen molar-refractivity contribution in [3.05, 3.63) is 88.7 Å². The number of benzene rings is 3. The second kappa shape index (κ2) is 7.08. The second-order valence-corrected chi connectivity index (χ2v) is 6.97. The molecule has 6 heteroatoms. The third kappa shape index (κ3) is 3.28. The van der Waals surface area contributed by atoms with E-state index in [0.29, 0.717) is 28.4 Å². The summed E-state index contributed by atoms with van der Waals surface area (Å²) < 4.78 is 21.7. The number of hydrogen-bond acceptors (Lipinski definition) is 6. The van der Waals surface area contributed by atoms with Crippen LogP contribution in [0.3, 0.4) is 0 Å². The van der Waals surface area contributed by atoms with Gasteiger partial charge in [-0.25, -0.2) is 4.79 Å². The summed E-state index contributed by atoms with van der Waals surface area (Å²) in [6, 6.07) is 17.3. The highest BCUT2D eigenvalue weighted by molar-refractivity contribution is 6.14. The summed E-state index contributed by atoms with van der Waals surface area (Å²) in [6.07, 6.45) is 1.70. The first-order chi connectivity index (χ1) is 14.6. The molecule has 0 N–H and O–H groups in total. The molecule has 0 saturated heterocycles. The quantitative estimate of drug-likeness (QED) is 0.365. The van der Waals surface area contributed by atoms with Gasteiger partial charge in [0.15, 0.2) is 17.3 Å². The fraction of sp³-hybridized carbons (Fsp3) is 0.0833. The minimum Gasteiger partial charge on any atom is -0.454 e. The highest BCUT2D eigenvalue weighted by atomic mass is 16.7. The van der Waals surface area contributed by atoms with E-state index in [1.54, 1.807) is 36.4 Å². The Hall–Kier alpha value is -4.06. The van der Waals surface area contributed by atoms with Gasteiger partial charge in [0, 0.05) is 6.07 Å². The molecule has 0 fully saturated rings. The number of fused-ring (bicyclic) bond motifs is 2.